The highest BCUT2D eigenvalue weighted by Crippen LogP contribution is 2.43. The van der Waals surface area contributed by atoms with Crippen LogP contribution in [0.5, 0.6) is 5.75 Å². The molecule has 0 saturated carbocycles. The summed E-state index contributed by atoms with van der Waals surface area (Å²) in [4.78, 5) is 27.6. The van der Waals surface area contributed by atoms with E-state index in [0.29, 0.717) is 28.7 Å². The SMILES string of the molecule is CN1CCC(c2ccc(-c3cc4c(s3)C(=O)N(C(c3nc5ccccc5[nH]3)c3cc(F)ccc3O)C4)cc2)CC1.Cl. The lowest BCUT2D eigenvalue weighted by Crippen LogP contribution is -2.31. The average Bonchev–Trinajstić information content (AvgIpc) is 3.66. The molecule has 1 atom stereocenters. The minimum atomic E-state index is -0.771. The zero-order valence-electron chi connectivity index (χ0n) is 22.5. The number of nitrogens with zero attached hydrogens (tertiary/aromatic N) is 3. The molecule has 2 aliphatic rings. The Morgan fingerprint density at radius 3 is 2.54 bits per heavy atom. The number of aromatic nitrogens is 2. The summed E-state index contributed by atoms with van der Waals surface area (Å²) in [6.45, 7) is 2.60. The first-order valence-corrected chi connectivity index (χ1v) is 14.4. The first kappa shape index (κ1) is 27.4. The maximum Gasteiger partial charge on any atom is 0.265 e. The number of halogens is 2. The summed E-state index contributed by atoms with van der Waals surface area (Å²) < 4.78 is 14.4. The lowest BCUT2D eigenvalue weighted by Gasteiger charge is -2.29. The number of para-hydroxylation sites is 2. The Labute approximate surface area is 247 Å². The minimum Gasteiger partial charge on any atom is -0.508 e. The normalized spacial score (nSPS) is 16.6. The van der Waals surface area contributed by atoms with Gasteiger partial charge in [0.1, 0.15) is 23.4 Å². The Bertz CT molecular complexity index is 1690. The van der Waals surface area contributed by atoms with Crippen LogP contribution < -0.4 is 0 Å². The summed E-state index contributed by atoms with van der Waals surface area (Å²) in [5.41, 5.74) is 5.27. The second kappa shape index (κ2) is 10.9. The zero-order valence-corrected chi connectivity index (χ0v) is 24.1. The molecule has 1 amide bonds. The number of phenols is 1. The van der Waals surface area contributed by atoms with E-state index in [2.05, 4.69) is 47.3 Å². The number of likely N-dealkylation sites (tertiary alicyclic amines) is 1. The number of H-pyrrole nitrogens is 1. The van der Waals surface area contributed by atoms with E-state index >= 15 is 0 Å². The van der Waals surface area contributed by atoms with Gasteiger partial charge in [-0.1, -0.05) is 36.4 Å². The second-order valence-electron chi connectivity index (χ2n) is 10.8. The number of hydrogen-bond donors (Lipinski definition) is 2. The van der Waals surface area contributed by atoms with E-state index in [4.69, 9.17) is 4.98 Å². The minimum absolute atomic E-state index is 0. The second-order valence-corrected chi connectivity index (χ2v) is 11.9. The molecule has 0 aliphatic carbocycles. The number of aromatic amines is 1. The number of nitrogens with one attached hydrogen (secondary N) is 1. The molecular formula is C32H30ClFN4O2S. The van der Waals surface area contributed by atoms with Crippen LogP contribution in [0.25, 0.3) is 21.5 Å². The van der Waals surface area contributed by atoms with Gasteiger partial charge in [-0.25, -0.2) is 9.37 Å². The Morgan fingerprint density at radius 2 is 1.80 bits per heavy atom. The number of imidazole rings is 1. The predicted octanol–water partition coefficient (Wildman–Crippen LogP) is 7.11. The maximum atomic E-state index is 14.4. The first-order chi connectivity index (χ1) is 19.4. The van der Waals surface area contributed by atoms with Gasteiger partial charge in [0, 0.05) is 17.0 Å². The van der Waals surface area contributed by atoms with Crippen LogP contribution in [0.4, 0.5) is 4.39 Å². The topological polar surface area (TPSA) is 72.5 Å². The van der Waals surface area contributed by atoms with E-state index in [1.165, 1.54) is 47.9 Å². The molecule has 7 rings (SSSR count). The lowest BCUT2D eigenvalue weighted by atomic mass is 9.89. The average molecular weight is 589 g/mol. The molecule has 6 nitrogen and oxygen atoms in total. The van der Waals surface area contributed by atoms with Gasteiger partial charge in [-0.05, 0) is 92.0 Å². The van der Waals surface area contributed by atoms with Crippen LogP contribution in [-0.4, -0.2) is 50.9 Å². The van der Waals surface area contributed by atoms with E-state index in [9.17, 15) is 14.3 Å². The van der Waals surface area contributed by atoms with Crippen molar-refractivity contribution in [3.8, 4) is 16.2 Å². The van der Waals surface area contributed by atoms with Gasteiger partial charge < -0.3 is 19.9 Å². The molecule has 1 saturated heterocycles. The number of carbonyl (C=O) groups excluding carboxylic acids is 1. The van der Waals surface area contributed by atoms with Gasteiger partial charge in [-0.2, -0.15) is 0 Å². The molecule has 3 aromatic carbocycles. The molecule has 9 heteroatoms. The highest BCUT2D eigenvalue weighted by Gasteiger charge is 2.39. The summed E-state index contributed by atoms with van der Waals surface area (Å²) in [7, 11) is 2.18. The Kier molecular flexibility index (Phi) is 7.32. The smallest absolute Gasteiger partial charge is 0.265 e. The zero-order chi connectivity index (χ0) is 27.4. The van der Waals surface area contributed by atoms with Gasteiger partial charge in [0.25, 0.3) is 5.91 Å². The van der Waals surface area contributed by atoms with Crippen molar-refractivity contribution in [3.63, 3.8) is 0 Å². The molecule has 0 spiro atoms. The van der Waals surface area contributed by atoms with E-state index < -0.39 is 11.9 Å². The van der Waals surface area contributed by atoms with Gasteiger partial charge in [0.15, 0.2) is 0 Å². The summed E-state index contributed by atoms with van der Waals surface area (Å²) in [6, 6.07) is 21.5. The van der Waals surface area contributed by atoms with Crippen molar-refractivity contribution < 1.29 is 14.3 Å². The highest BCUT2D eigenvalue weighted by molar-refractivity contribution is 7.17. The molecule has 2 aliphatic heterocycles. The Balaban J connectivity index is 0.00000302. The summed E-state index contributed by atoms with van der Waals surface area (Å²) in [5.74, 6) is 0.364. The molecule has 0 bridgehead atoms. The van der Waals surface area contributed by atoms with Crippen molar-refractivity contribution in [2.45, 2.75) is 31.3 Å². The summed E-state index contributed by atoms with van der Waals surface area (Å²) >= 11 is 1.48. The molecule has 5 aromatic rings. The van der Waals surface area contributed by atoms with Crippen molar-refractivity contribution in [2.75, 3.05) is 20.1 Å². The summed E-state index contributed by atoms with van der Waals surface area (Å²) in [6.07, 6.45) is 2.36. The number of piperidine rings is 1. The number of fused-ring (bicyclic) bond motifs is 2. The Hall–Kier alpha value is -3.72. The predicted molar refractivity (Wildman–Crippen MR) is 162 cm³/mol. The largest absolute Gasteiger partial charge is 0.508 e. The number of aromatic hydroxyl groups is 1. The van der Waals surface area contributed by atoms with E-state index in [-0.39, 0.29) is 24.1 Å². The van der Waals surface area contributed by atoms with Crippen LogP contribution in [-0.2, 0) is 6.54 Å². The highest BCUT2D eigenvalue weighted by atomic mass is 35.5. The molecule has 1 fully saturated rings. The molecule has 2 aromatic heterocycles. The van der Waals surface area contributed by atoms with Crippen molar-refractivity contribution in [2.24, 2.45) is 0 Å². The lowest BCUT2D eigenvalue weighted by molar-refractivity contribution is 0.0727. The van der Waals surface area contributed by atoms with E-state index in [0.717, 1.165) is 40.1 Å². The van der Waals surface area contributed by atoms with Crippen molar-refractivity contribution in [1.29, 1.82) is 0 Å². The Morgan fingerprint density at radius 1 is 1.05 bits per heavy atom. The van der Waals surface area contributed by atoms with E-state index in [1.807, 2.05) is 24.3 Å². The molecule has 4 heterocycles. The van der Waals surface area contributed by atoms with Gasteiger partial charge >= 0.3 is 0 Å². The molecule has 1 unspecified atom stereocenters. The fraction of sp³-hybridized carbons (Fsp3) is 0.250. The van der Waals surface area contributed by atoms with Crippen LogP contribution >= 0.6 is 23.7 Å². The van der Waals surface area contributed by atoms with Crippen LogP contribution in [0, 0.1) is 5.82 Å². The third-order valence-corrected chi connectivity index (χ3v) is 9.47. The van der Waals surface area contributed by atoms with Crippen molar-refractivity contribution in [1.82, 2.24) is 19.8 Å². The number of rotatable bonds is 5. The quantitative estimate of drug-likeness (QED) is 0.229. The number of amides is 1. The molecular weight excluding hydrogens is 559 g/mol. The van der Waals surface area contributed by atoms with E-state index in [1.54, 1.807) is 4.90 Å². The van der Waals surface area contributed by atoms with Crippen LogP contribution in [0.3, 0.4) is 0 Å². The molecule has 0 radical (unpaired) electrons. The van der Waals surface area contributed by atoms with Gasteiger partial charge in [0.05, 0.1) is 15.9 Å². The molecule has 41 heavy (non-hydrogen) atoms. The molecule has 210 valence electrons. The van der Waals surface area contributed by atoms with Crippen molar-refractivity contribution >= 4 is 40.7 Å². The number of thiophene rings is 1. The van der Waals surface area contributed by atoms with Gasteiger partial charge in [-0.15, -0.1) is 23.7 Å². The van der Waals surface area contributed by atoms with Crippen LogP contribution in [0.1, 0.15) is 57.0 Å². The van der Waals surface area contributed by atoms with Crippen LogP contribution in [0.2, 0.25) is 0 Å². The third kappa shape index (κ3) is 5.01. The fourth-order valence-electron chi connectivity index (χ4n) is 6.03. The number of carbonyl (C=O) groups is 1. The van der Waals surface area contributed by atoms with Gasteiger partial charge in [-0.3, -0.25) is 4.79 Å². The monoisotopic (exact) mass is 588 g/mol. The standard InChI is InChI=1S/C32H29FN4O2S.ClH/c1-36-14-12-20(13-15-36)19-6-8-21(9-7-19)28-16-22-18-37(32(39)30(22)40-28)29(24-17-23(33)10-11-27(24)38)31-34-25-4-2-3-5-26(25)35-31;/h2-11,16-17,20,29,38H,12-15,18H2,1H3,(H,34,35);1H. The van der Waals surface area contributed by atoms with Gasteiger partial charge in [0.2, 0.25) is 0 Å². The van der Waals surface area contributed by atoms with Crippen LogP contribution in [0.15, 0.2) is 72.8 Å². The third-order valence-electron chi connectivity index (χ3n) is 8.25. The number of benzene rings is 3. The number of hydrogen-bond acceptors (Lipinski definition) is 5. The summed E-state index contributed by atoms with van der Waals surface area (Å²) in [5, 5.41) is 10.7. The fourth-order valence-corrected chi connectivity index (χ4v) is 7.17. The van der Waals surface area contributed by atoms with Crippen molar-refractivity contribution in [3.05, 3.63) is 106 Å². The number of phenolic OH excluding ortho intramolecular Hbond substituents is 1. The molecule has 2 N–H and O–H groups in total. The first-order valence-electron chi connectivity index (χ1n) is 13.6. The maximum absolute atomic E-state index is 14.4.